The summed E-state index contributed by atoms with van der Waals surface area (Å²) in [6.45, 7) is 2.15. The minimum Gasteiger partial charge on any atom is -0.494 e. The molecule has 0 aliphatic carbocycles. The van der Waals surface area contributed by atoms with Crippen LogP contribution in [-0.4, -0.2) is 22.5 Å². The summed E-state index contributed by atoms with van der Waals surface area (Å²) in [5.74, 6) is 1.57. The van der Waals surface area contributed by atoms with Crippen LogP contribution in [0, 0.1) is 0 Å². The van der Waals surface area contributed by atoms with Crippen molar-refractivity contribution in [3.63, 3.8) is 0 Å². The van der Waals surface area contributed by atoms with Crippen LogP contribution >= 0.6 is 11.8 Å². The Bertz CT molecular complexity index is 911. The van der Waals surface area contributed by atoms with Gasteiger partial charge in [-0.15, -0.1) is 11.8 Å². The zero-order valence-electron chi connectivity index (χ0n) is 13.5. The van der Waals surface area contributed by atoms with Gasteiger partial charge >= 0.3 is 0 Å². The molecular formula is C19H17N3OS. The maximum absolute atomic E-state index is 5.52. The number of fused-ring (bicyclic) bond motifs is 1. The number of nitrogens with zero attached hydrogens (tertiary/aromatic N) is 3. The molecule has 4 nitrogen and oxygen atoms in total. The fourth-order valence-corrected chi connectivity index (χ4v) is 3.61. The smallest absolute Gasteiger partial charge is 0.152 e. The number of hydrogen-bond acceptors (Lipinski definition) is 5. The van der Waals surface area contributed by atoms with Gasteiger partial charge in [0, 0.05) is 11.8 Å². The first-order valence-electron chi connectivity index (χ1n) is 7.77. The third-order valence-electron chi connectivity index (χ3n) is 4.11. The lowest BCUT2D eigenvalue weighted by atomic mass is 10.0. The van der Waals surface area contributed by atoms with Gasteiger partial charge in [-0.2, -0.15) is 0 Å². The molecule has 0 bridgehead atoms. The van der Waals surface area contributed by atoms with Gasteiger partial charge in [0.05, 0.1) is 18.7 Å². The lowest BCUT2D eigenvalue weighted by Crippen LogP contribution is -2.21. The molecule has 1 atom stereocenters. The summed E-state index contributed by atoms with van der Waals surface area (Å²) in [5, 5.41) is 2.40. The highest BCUT2D eigenvalue weighted by Crippen LogP contribution is 2.35. The minimum atomic E-state index is 0.319. The summed E-state index contributed by atoms with van der Waals surface area (Å²) in [4.78, 5) is 11.7. The highest BCUT2D eigenvalue weighted by atomic mass is 32.2. The number of anilines is 1. The van der Waals surface area contributed by atoms with E-state index in [1.807, 2.05) is 42.7 Å². The Labute approximate surface area is 145 Å². The minimum absolute atomic E-state index is 0.319. The molecule has 24 heavy (non-hydrogen) atoms. The van der Waals surface area contributed by atoms with Crippen LogP contribution in [0.5, 0.6) is 5.75 Å². The maximum atomic E-state index is 5.52. The third kappa shape index (κ3) is 2.51. The van der Waals surface area contributed by atoms with Crippen molar-refractivity contribution in [1.82, 2.24) is 9.97 Å². The van der Waals surface area contributed by atoms with Crippen molar-refractivity contribution in [2.45, 2.75) is 12.3 Å². The van der Waals surface area contributed by atoms with E-state index in [1.54, 1.807) is 18.9 Å². The molecule has 1 aromatic heterocycles. The second kappa shape index (κ2) is 6.17. The predicted molar refractivity (Wildman–Crippen MR) is 100 cm³/mol. The van der Waals surface area contributed by atoms with Crippen LogP contribution in [0.15, 0.2) is 60.3 Å². The molecule has 3 aromatic rings. The zero-order chi connectivity index (χ0) is 16.5. The fraction of sp³-hybridized carbons (Fsp3) is 0.158. The normalized spacial score (nSPS) is 16.8. The first-order chi connectivity index (χ1) is 11.8. The van der Waals surface area contributed by atoms with Crippen molar-refractivity contribution in [3.05, 3.63) is 60.3 Å². The summed E-state index contributed by atoms with van der Waals surface area (Å²) in [6.07, 6.45) is 3.87. The number of methoxy groups -OCH3 is 1. The quantitative estimate of drug-likeness (QED) is 0.695. The van der Waals surface area contributed by atoms with E-state index in [1.165, 1.54) is 0 Å². The van der Waals surface area contributed by atoms with E-state index in [9.17, 15) is 0 Å². The number of ether oxygens (including phenoxy) is 1. The molecule has 0 spiro atoms. The predicted octanol–water partition coefficient (Wildman–Crippen LogP) is 4.68. The van der Waals surface area contributed by atoms with E-state index in [4.69, 9.17) is 14.7 Å². The Kier molecular flexibility index (Phi) is 3.86. The number of hydrogen-bond donors (Lipinski definition) is 0. The highest BCUT2D eigenvalue weighted by molar-refractivity contribution is 8.03. The maximum Gasteiger partial charge on any atom is 0.152 e. The van der Waals surface area contributed by atoms with Crippen molar-refractivity contribution < 1.29 is 4.74 Å². The van der Waals surface area contributed by atoms with Crippen LogP contribution < -0.4 is 9.64 Å². The molecule has 5 heteroatoms. The fourth-order valence-electron chi connectivity index (χ4n) is 2.87. The first kappa shape index (κ1) is 15.0. The third-order valence-corrected chi connectivity index (χ3v) is 5.01. The second-order valence-corrected chi connectivity index (χ2v) is 6.76. The molecule has 2 aromatic carbocycles. The largest absolute Gasteiger partial charge is 0.494 e. The zero-order valence-corrected chi connectivity index (χ0v) is 14.3. The molecular weight excluding hydrogens is 318 g/mol. The molecule has 0 saturated heterocycles. The lowest BCUT2D eigenvalue weighted by Gasteiger charge is -2.20. The number of rotatable bonds is 3. The van der Waals surface area contributed by atoms with Crippen LogP contribution in [0.25, 0.3) is 22.2 Å². The second-order valence-electron chi connectivity index (χ2n) is 5.53. The van der Waals surface area contributed by atoms with Crippen LogP contribution in [-0.2, 0) is 0 Å². The molecule has 0 fully saturated rings. The van der Waals surface area contributed by atoms with Gasteiger partial charge in [0.15, 0.2) is 5.82 Å². The van der Waals surface area contributed by atoms with Gasteiger partial charge in [-0.3, -0.25) is 0 Å². The Morgan fingerprint density at radius 3 is 2.62 bits per heavy atom. The average molecular weight is 335 g/mol. The van der Waals surface area contributed by atoms with E-state index in [0.29, 0.717) is 5.37 Å². The standard InChI is InChI=1S/C19H17N3OS/c1-13-22(10-11-24-13)17-12-20-18-15(14-6-4-3-5-7-14)8-9-16(23-2)19(18)21-17/h3-13H,1-2H3. The van der Waals surface area contributed by atoms with Crippen LogP contribution in [0.3, 0.4) is 0 Å². The average Bonchev–Trinajstić information content (AvgIpc) is 3.07. The Hall–Kier alpha value is -2.53. The summed E-state index contributed by atoms with van der Waals surface area (Å²) in [5.41, 5.74) is 3.82. The Balaban J connectivity index is 1.91. The van der Waals surface area contributed by atoms with Gasteiger partial charge in [-0.05, 0) is 30.0 Å². The van der Waals surface area contributed by atoms with Crippen LogP contribution in [0.2, 0.25) is 0 Å². The van der Waals surface area contributed by atoms with E-state index in [-0.39, 0.29) is 0 Å². The molecule has 0 saturated carbocycles. The van der Waals surface area contributed by atoms with Crippen LogP contribution in [0.4, 0.5) is 5.82 Å². The first-order valence-corrected chi connectivity index (χ1v) is 8.72. The van der Waals surface area contributed by atoms with Gasteiger partial charge in [-0.1, -0.05) is 30.3 Å². The van der Waals surface area contributed by atoms with Crippen molar-refractivity contribution in [1.29, 1.82) is 0 Å². The Morgan fingerprint density at radius 2 is 1.92 bits per heavy atom. The molecule has 1 aliphatic heterocycles. The van der Waals surface area contributed by atoms with Crippen molar-refractivity contribution in [2.75, 3.05) is 12.0 Å². The molecule has 120 valence electrons. The molecule has 1 unspecified atom stereocenters. The van der Waals surface area contributed by atoms with E-state index < -0.39 is 0 Å². The molecule has 2 heterocycles. The van der Waals surface area contributed by atoms with Crippen LogP contribution in [0.1, 0.15) is 6.92 Å². The van der Waals surface area contributed by atoms with Gasteiger partial charge in [0.1, 0.15) is 16.8 Å². The van der Waals surface area contributed by atoms with Crippen molar-refractivity contribution >= 4 is 28.6 Å². The number of thioether (sulfide) groups is 1. The van der Waals surface area contributed by atoms with E-state index >= 15 is 0 Å². The summed E-state index contributed by atoms with van der Waals surface area (Å²) < 4.78 is 5.52. The topological polar surface area (TPSA) is 38.2 Å². The Morgan fingerprint density at radius 1 is 1.08 bits per heavy atom. The monoisotopic (exact) mass is 335 g/mol. The molecule has 1 aliphatic rings. The summed E-state index contributed by atoms with van der Waals surface area (Å²) in [6, 6.07) is 14.2. The van der Waals surface area contributed by atoms with Gasteiger partial charge in [0.25, 0.3) is 0 Å². The highest BCUT2D eigenvalue weighted by Gasteiger charge is 2.20. The number of aromatic nitrogens is 2. The van der Waals surface area contributed by atoms with E-state index in [2.05, 4.69) is 29.4 Å². The van der Waals surface area contributed by atoms with Crippen molar-refractivity contribution in [2.24, 2.45) is 0 Å². The number of benzene rings is 2. The SMILES string of the molecule is COc1ccc(-c2ccccc2)c2ncc(N3C=CSC3C)nc12. The molecule has 0 N–H and O–H groups in total. The van der Waals surface area contributed by atoms with E-state index in [0.717, 1.165) is 33.7 Å². The molecule has 4 rings (SSSR count). The van der Waals surface area contributed by atoms with Gasteiger partial charge in [-0.25, -0.2) is 9.97 Å². The summed E-state index contributed by atoms with van der Waals surface area (Å²) in [7, 11) is 1.67. The molecule has 0 amide bonds. The lowest BCUT2D eigenvalue weighted by molar-refractivity contribution is 0.419. The summed E-state index contributed by atoms with van der Waals surface area (Å²) >= 11 is 1.76. The van der Waals surface area contributed by atoms with Crippen molar-refractivity contribution in [3.8, 4) is 16.9 Å². The van der Waals surface area contributed by atoms with Gasteiger partial charge in [0.2, 0.25) is 0 Å². The van der Waals surface area contributed by atoms with Gasteiger partial charge < -0.3 is 9.64 Å². The molecule has 0 radical (unpaired) electrons.